The molecule has 11 heteroatoms. The molecule has 0 aromatic rings. The van der Waals surface area contributed by atoms with Crippen LogP contribution in [0.1, 0.15) is 0 Å². The summed E-state index contributed by atoms with van der Waals surface area (Å²) >= 11 is 19.3. The molecule has 0 heterocycles. The van der Waals surface area contributed by atoms with Crippen LogP contribution in [0.2, 0.25) is 0 Å². The van der Waals surface area contributed by atoms with Crippen LogP contribution in [0.5, 0.6) is 0 Å². The third-order valence-corrected chi connectivity index (χ3v) is 0. The van der Waals surface area contributed by atoms with Crippen LogP contribution in [0.3, 0.4) is 0 Å². The third kappa shape index (κ3) is 205. The molecule has 0 fully saturated rings. The standard InChI is InChI=1S/CCl4.2Na.H2O4S/c2-1(3,4)5;;;1-5(2,3)4/h;;;(H2,1,2,3,4)/q;2*+1;/p-2. The molecule has 0 saturated carbocycles. The Labute approximate surface area is 134 Å². The van der Waals surface area contributed by atoms with Crippen molar-refractivity contribution in [2.45, 2.75) is 3.25 Å². The summed E-state index contributed by atoms with van der Waals surface area (Å²) in [5, 5.41) is 0. The van der Waals surface area contributed by atoms with Crippen molar-refractivity contribution < 1.29 is 76.6 Å². The minimum atomic E-state index is -5.17. The fourth-order valence-electron chi connectivity index (χ4n) is 0. The summed E-state index contributed by atoms with van der Waals surface area (Å²) in [6, 6.07) is 0. The SMILES string of the molecule is ClC(Cl)(Cl)Cl.O=S(=O)([O-])[O-].[Na+].[Na+]. The second-order valence-corrected chi connectivity index (χ2v) is 5.08. The van der Waals surface area contributed by atoms with Crippen LogP contribution in [-0.2, 0) is 10.4 Å². The second-order valence-electron chi connectivity index (χ2n) is 0.837. The molecule has 0 bridgehead atoms. The predicted molar refractivity (Wildman–Crippen MR) is 36.6 cm³/mol. The summed E-state index contributed by atoms with van der Waals surface area (Å²) in [6.07, 6.45) is 0. The number of hydrogen-bond acceptors (Lipinski definition) is 4. The maximum Gasteiger partial charge on any atom is 1.00 e. The van der Waals surface area contributed by atoms with Gasteiger partial charge in [-0.15, -0.1) is 0 Å². The van der Waals surface area contributed by atoms with Gasteiger partial charge in [-0.25, -0.2) is 0 Å². The van der Waals surface area contributed by atoms with E-state index in [2.05, 4.69) is 0 Å². The Morgan fingerprint density at radius 3 is 0.917 bits per heavy atom. The predicted octanol–water partition coefficient (Wildman–Crippen LogP) is -4.78. The molecule has 0 spiro atoms. The molecule has 0 radical (unpaired) electrons. The Balaban J connectivity index is -0.0000000457. The van der Waals surface area contributed by atoms with Crippen molar-refractivity contribution in [1.29, 1.82) is 0 Å². The van der Waals surface area contributed by atoms with E-state index >= 15 is 0 Å². The average Bonchev–Trinajstić information content (AvgIpc) is 1.12. The zero-order valence-corrected chi connectivity index (χ0v) is 13.9. The summed E-state index contributed by atoms with van der Waals surface area (Å²) in [7, 11) is -5.17. The molecular formula is CCl4Na2O4S. The van der Waals surface area contributed by atoms with Gasteiger partial charge in [0.1, 0.15) is 0 Å². The zero-order valence-electron chi connectivity index (χ0n) is 6.05. The summed E-state index contributed by atoms with van der Waals surface area (Å²) in [4.78, 5) is 0. The van der Waals surface area contributed by atoms with Gasteiger partial charge in [0.2, 0.25) is 0 Å². The molecule has 0 aromatic heterocycles. The largest absolute Gasteiger partial charge is 1.00 e. The van der Waals surface area contributed by atoms with Crippen molar-refractivity contribution in [1.82, 2.24) is 0 Å². The molecular weight excluding hydrogens is 296 g/mol. The van der Waals surface area contributed by atoms with Crippen molar-refractivity contribution in [2.24, 2.45) is 0 Å². The second kappa shape index (κ2) is 10.5. The maximum atomic E-state index is 8.52. The van der Waals surface area contributed by atoms with Crippen molar-refractivity contribution in [3.63, 3.8) is 0 Å². The summed E-state index contributed by atoms with van der Waals surface area (Å²) < 4.78 is 32.5. The molecule has 0 atom stereocenters. The fraction of sp³-hybridized carbons (Fsp3) is 1.00. The molecule has 0 aliphatic heterocycles. The van der Waals surface area contributed by atoms with Crippen molar-refractivity contribution in [2.75, 3.05) is 0 Å². The van der Waals surface area contributed by atoms with Crippen LogP contribution in [0.15, 0.2) is 0 Å². The first-order chi connectivity index (χ1) is 4.00. The van der Waals surface area contributed by atoms with Crippen LogP contribution < -0.4 is 59.1 Å². The maximum absolute atomic E-state index is 8.52. The minimum Gasteiger partial charge on any atom is -0.759 e. The van der Waals surface area contributed by atoms with Gasteiger partial charge in [-0.2, -0.15) is 0 Å². The minimum absolute atomic E-state index is 0. The van der Waals surface area contributed by atoms with E-state index in [1.54, 1.807) is 0 Å². The van der Waals surface area contributed by atoms with Gasteiger partial charge in [-0.3, -0.25) is 8.42 Å². The van der Waals surface area contributed by atoms with Gasteiger partial charge in [-0.1, -0.05) is 46.4 Å². The molecule has 0 amide bonds. The topological polar surface area (TPSA) is 80.3 Å². The summed E-state index contributed by atoms with van der Waals surface area (Å²) in [5.41, 5.74) is 0. The molecule has 12 heavy (non-hydrogen) atoms. The van der Waals surface area contributed by atoms with Gasteiger partial charge >= 0.3 is 59.1 Å². The van der Waals surface area contributed by atoms with Gasteiger partial charge in [0.15, 0.2) is 0 Å². The van der Waals surface area contributed by atoms with E-state index in [-0.39, 0.29) is 59.1 Å². The van der Waals surface area contributed by atoms with Crippen LogP contribution in [0.4, 0.5) is 0 Å². The van der Waals surface area contributed by atoms with E-state index < -0.39 is 13.7 Å². The molecule has 0 rings (SSSR count). The van der Waals surface area contributed by atoms with E-state index in [4.69, 9.17) is 63.9 Å². The van der Waals surface area contributed by atoms with Crippen LogP contribution in [-0.4, -0.2) is 20.8 Å². The molecule has 0 aromatic carbocycles. The monoisotopic (exact) mass is 294 g/mol. The van der Waals surface area contributed by atoms with Crippen LogP contribution in [0, 0.1) is 0 Å². The van der Waals surface area contributed by atoms with Crippen molar-refractivity contribution in [3.05, 3.63) is 0 Å². The van der Waals surface area contributed by atoms with Gasteiger partial charge in [0.25, 0.3) is 3.25 Å². The smallest absolute Gasteiger partial charge is 0.759 e. The molecule has 0 N–H and O–H groups in total. The molecule has 0 aliphatic rings. The third-order valence-electron chi connectivity index (χ3n) is 0. The Bertz CT molecular complexity index is 160. The fourth-order valence-corrected chi connectivity index (χ4v) is 0. The van der Waals surface area contributed by atoms with E-state index in [1.165, 1.54) is 0 Å². The molecule has 0 saturated heterocycles. The van der Waals surface area contributed by atoms with Gasteiger partial charge < -0.3 is 9.11 Å². The number of rotatable bonds is 0. The van der Waals surface area contributed by atoms with Gasteiger partial charge in [0, 0.05) is 10.4 Å². The number of halogens is 4. The Kier molecular flexibility index (Phi) is 21.4. The van der Waals surface area contributed by atoms with Crippen molar-refractivity contribution >= 4 is 56.8 Å². The molecule has 0 unspecified atom stereocenters. The Morgan fingerprint density at radius 1 is 0.917 bits per heavy atom. The van der Waals surface area contributed by atoms with E-state index in [0.717, 1.165) is 0 Å². The first-order valence-corrected chi connectivity index (χ1v) is 4.27. The molecule has 4 nitrogen and oxygen atoms in total. The first-order valence-electron chi connectivity index (χ1n) is 1.42. The average molecular weight is 296 g/mol. The van der Waals surface area contributed by atoms with Crippen molar-refractivity contribution in [3.8, 4) is 0 Å². The molecule has 0 aliphatic carbocycles. The number of hydrogen-bond donors (Lipinski definition) is 0. The van der Waals surface area contributed by atoms with E-state index in [0.29, 0.717) is 0 Å². The van der Waals surface area contributed by atoms with Gasteiger partial charge in [0.05, 0.1) is 0 Å². The first kappa shape index (κ1) is 24.3. The molecule has 64 valence electrons. The van der Waals surface area contributed by atoms with E-state index in [9.17, 15) is 0 Å². The van der Waals surface area contributed by atoms with E-state index in [1.807, 2.05) is 0 Å². The summed E-state index contributed by atoms with van der Waals surface area (Å²) in [5.74, 6) is 0. The zero-order chi connectivity index (χ0) is 9.00. The Hall–Kier alpha value is 3.03. The normalized spacial score (nSPS) is 9.83. The quantitative estimate of drug-likeness (QED) is 0.194. The van der Waals surface area contributed by atoms with Gasteiger partial charge in [-0.05, 0) is 0 Å². The Morgan fingerprint density at radius 2 is 0.917 bits per heavy atom. The summed E-state index contributed by atoms with van der Waals surface area (Å²) in [6.45, 7) is 0. The number of alkyl halides is 4. The van der Waals surface area contributed by atoms with Crippen LogP contribution in [0.25, 0.3) is 0 Å². The van der Waals surface area contributed by atoms with Crippen LogP contribution >= 0.6 is 46.4 Å².